The minimum atomic E-state index is -3.78. The number of halogens is 1. The summed E-state index contributed by atoms with van der Waals surface area (Å²) in [6, 6.07) is 8.72. The van der Waals surface area contributed by atoms with E-state index in [1.54, 1.807) is 19.1 Å². The lowest BCUT2D eigenvalue weighted by Gasteiger charge is -2.26. The molecule has 3 aromatic rings. The summed E-state index contributed by atoms with van der Waals surface area (Å²) in [4.78, 5) is 16.5. The molecule has 0 atom stereocenters. The van der Waals surface area contributed by atoms with E-state index in [1.807, 2.05) is 0 Å². The molecule has 10 heteroatoms. The molecule has 1 saturated heterocycles. The van der Waals surface area contributed by atoms with Crippen molar-refractivity contribution in [3.63, 3.8) is 0 Å². The van der Waals surface area contributed by atoms with Crippen molar-refractivity contribution in [1.82, 2.24) is 9.29 Å². The number of nitrogens with two attached hydrogens (primary N) is 1. The molecular formula is C21H21FN4O4S. The molecule has 2 heterocycles. The van der Waals surface area contributed by atoms with Crippen molar-refractivity contribution in [3.8, 4) is 0 Å². The van der Waals surface area contributed by atoms with Gasteiger partial charge in [0.2, 0.25) is 10.0 Å². The van der Waals surface area contributed by atoms with E-state index in [9.17, 15) is 17.6 Å². The summed E-state index contributed by atoms with van der Waals surface area (Å²) in [6.07, 6.45) is 1.33. The van der Waals surface area contributed by atoms with Crippen LogP contribution in [0.4, 0.5) is 15.8 Å². The molecule has 1 fully saturated rings. The van der Waals surface area contributed by atoms with E-state index in [2.05, 4.69) is 10.3 Å². The van der Waals surface area contributed by atoms with E-state index in [4.69, 9.17) is 10.5 Å². The van der Waals surface area contributed by atoms with Gasteiger partial charge in [-0.15, -0.1) is 0 Å². The minimum Gasteiger partial charge on any atom is -0.379 e. The number of rotatable bonds is 5. The van der Waals surface area contributed by atoms with Crippen LogP contribution in [0.2, 0.25) is 0 Å². The highest BCUT2D eigenvalue weighted by molar-refractivity contribution is 7.89. The Hall–Kier alpha value is -3.08. The van der Waals surface area contributed by atoms with Crippen molar-refractivity contribution in [3.05, 3.63) is 59.5 Å². The number of benzene rings is 2. The smallest absolute Gasteiger partial charge is 0.252 e. The van der Waals surface area contributed by atoms with E-state index in [0.717, 1.165) is 0 Å². The fourth-order valence-electron chi connectivity index (χ4n) is 3.56. The maximum absolute atomic E-state index is 13.7. The summed E-state index contributed by atoms with van der Waals surface area (Å²) in [6.45, 7) is 2.90. The average molecular weight is 444 g/mol. The van der Waals surface area contributed by atoms with Gasteiger partial charge in [-0.05, 0) is 42.8 Å². The first kappa shape index (κ1) is 21.2. The molecule has 1 amide bonds. The zero-order valence-electron chi connectivity index (χ0n) is 16.8. The van der Waals surface area contributed by atoms with Gasteiger partial charge >= 0.3 is 0 Å². The Morgan fingerprint density at radius 3 is 2.65 bits per heavy atom. The lowest BCUT2D eigenvalue weighted by Crippen LogP contribution is -2.40. The predicted octanol–water partition coefficient (Wildman–Crippen LogP) is 2.55. The number of fused-ring (bicyclic) bond motifs is 1. The Labute approximate surface area is 178 Å². The highest BCUT2D eigenvalue weighted by Gasteiger charge is 2.28. The zero-order valence-corrected chi connectivity index (χ0v) is 17.6. The van der Waals surface area contributed by atoms with Crippen molar-refractivity contribution in [1.29, 1.82) is 0 Å². The lowest BCUT2D eigenvalue weighted by atomic mass is 10.1. The third-order valence-corrected chi connectivity index (χ3v) is 6.98. The highest BCUT2D eigenvalue weighted by atomic mass is 32.2. The first-order valence-corrected chi connectivity index (χ1v) is 11.0. The van der Waals surface area contributed by atoms with Crippen molar-refractivity contribution >= 4 is 38.2 Å². The third kappa shape index (κ3) is 4.09. The number of ether oxygens (including phenoxy) is 1. The number of nitrogens with one attached hydrogen (secondary N) is 1. The molecule has 1 aromatic heterocycles. The molecule has 8 nitrogen and oxygen atoms in total. The number of primary amides is 1. The van der Waals surface area contributed by atoms with Crippen LogP contribution in [-0.4, -0.2) is 49.9 Å². The number of nitrogens with zero attached hydrogens (tertiary/aromatic N) is 2. The van der Waals surface area contributed by atoms with Crippen LogP contribution >= 0.6 is 0 Å². The average Bonchev–Trinajstić information content (AvgIpc) is 2.74. The third-order valence-electron chi connectivity index (χ3n) is 5.10. The fraction of sp³-hybridized carbons (Fsp3) is 0.238. The van der Waals surface area contributed by atoms with Gasteiger partial charge in [0.15, 0.2) is 0 Å². The Bertz CT molecular complexity index is 1270. The number of pyridine rings is 1. The Balaban J connectivity index is 1.91. The number of sulfonamides is 1. The number of anilines is 2. The molecule has 1 aliphatic heterocycles. The first-order valence-electron chi connectivity index (χ1n) is 9.61. The molecule has 0 unspecified atom stereocenters. The van der Waals surface area contributed by atoms with Gasteiger partial charge in [-0.2, -0.15) is 4.31 Å². The molecule has 162 valence electrons. The molecule has 4 rings (SSSR count). The van der Waals surface area contributed by atoms with Gasteiger partial charge in [-0.25, -0.2) is 12.8 Å². The van der Waals surface area contributed by atoms with Crippen LogP contribution in [0.1, 0.15) is 15.9 Å². The van der Waals surface area contributed by atoms with Gasteiger partial charge in [0, 0.05) is 30.4 Å². The maximum atomic E-state index is 13.7. The Morgan fingerprint density at radius 1 is 1.23 bits per heavy atom. The van der Waals surface area contributed by atoms with E-state index in [1.165, 1.54) is 34.8 Å². The van der Waals surface area contributed by atoms with Gasteiger partial charge < -0.3 is 15.8 Å². The van der Waals surface area contributed by atoms with Gasteiger partial charge in [0.25, 0.3) is 5.91 Å². The normalized spacial score (nSPS) is 15.2. The van der Waals surface area contributed by atoms with Crippen molar-refractivity contribution < 1.29 is 22.3 Å². The number of amides is 1. The molecule has 3 N–H and O–H groups in total. The molecule has 31 heavy (non-hydrogen) atoms. The summed E-state index contributed by atoms with van der Waals surface area (Å²) >= 11 is 0. The van der Waals surface area contributed by atoms with Crippen LogP contribution in [0.5, 0.6) is 0 Å². The van der Waals surface area contributed by atoms with Crippen LogP contribution in [0, 0.1) is 12.7 Å². The van der Waals surface area contributed by atoms with Gasteiger partial charge in [0.1, 0.15) is 5.82 Å². The number of hydrogen-bond donors (Lipinski definition) is 2. The molecule has 0 bridgehead atoms. The summed E-state index contributed by atoms with van der Waals surface area (Å²) in [5.41, 5.74) is 7.37. The van der Waals surface area contributed by atoms with E-state index < -0.39 is 21.7 Å². The van der Waals surface area contributed by atoms with Gasteiger partial charge in [0.05, 0.1) is 34.9 Å². The number of carbonyl (C=O) groups is 1. The van der Waals surface area contributed by atoms with Crippen LogP contribution in [0.25, 0.3) is 10.9 Å². The maximum Gasteiger partial charge on any atom is 0.252 e. The van der Waals surface area contributed by atoms with Crippen LogP contribution < -0.4 is 11.1 Å². The Morgan fingerprint density at radius 2 is 1.97 bits per heavy atom. The molecule has 0 radical (unpaired) electrons. The van der Waals surface area contributed by atoms with Crippen molar-refractivity contribution in [2.45, 2.75) is 11.8 Å². The second-order valence-electron chi connectivity index (χ2n) is 7.20. The zero-order chi connectivity index (χ0) is 22.2. The summed E-state index contributed by atoms with van der Waals surface area (Å²) in [5.74, 6) is -1.21. The van der Waals surface area contributed by atoms with Crippen molar-refractivity contribution in [2.24, 2.45) is 5.73 Å². The van der Waals surface area contributed by atoms with E-state index >= 15 is 0 Å². The van der Waals surface area contributed by atoms with E-state index in [0.29, 0.717) is 35.4 Å². The van der Waals surface area contributed by atoms with Crippen LogP contribution in [-0.2, 0) is 14.8 Å². The predicted molar refractivity (Wildman–Crippen MR) is 114 cm³/mol. The van der Waals surface area contributed by atoms with Crippen LogP contribution in [0.15, 0.2) is 47.5 Å². The van der Waals surface area contributed by atoms with Crippen molar-refractivity contribution in [2.75, 3.05) is 31.6 Å². The number of aromatic nitrogens is 1. The Kier molecular flexibility index (Phi) is 5.61. The number of morpholine rings is 1. The molecule has 1 aliphatic rings. The highest BCUT2D eigenvalue weighted by Crippen LogP contribution is 2.33. The quantitative estimate of drug-likeness (QED) is 0.625. The molecule has 0 spiro atoms. The minimum absolute atomic E-state index is 0.0667. The second kappa shape index (κ2) is 8.22. The molecular weight excluding hydrogens is 423 g/mol. The topological polar surface area (TPSA) is 115 Å². The fourth-order valence-corrected chi connectivity index (χ4v) is 5.08. The standard InChI is InChI=1S/C21H21FN4O4S/c1-13-9-16(31(28,29)26-5-7-30-8-6-26)11-17-19(13)24-12-18(21(23)27)20(17)25-15-4-2-3-14(22)10-15/h2-4,9-12H,5-8H2,1H3,(H2,23,27)(H,24,25). The van der Waals surface area contributed by atoms with Gasteiger partial charge in [-0.3, -0.25) is 9.78 Å². The lowest BCUT2D eigenvalue weighted by molar-refractivity contribution is 0.0730. The van der Waals surface area contributed by atoms with Crippen LogP contribution in [0.3, 0.4) is 0 Å². The SMILES string of the molecule is Cc1cc(S(=O)(=O)N2CCOCC2)cc2c(Nc3cccc(F)c3)c(C(N)=O)cnc12. The largest absolute Gasteiger partial charge is 0.379 e. The van der Waals surface area contributed by atoms with Gasteiger partial charge in [-0.1, -0.05) is 6.07 Å². The molecule has 0 aliphatic carbocycles. The second-order valence-corrected chi connectivity index (χ2v) is 9.14. The number of aryl methyl sites for hydroxylation is 1. The summed E-state index contributed by atoms with van der Waals surface area (Å²) in [5, 5.41) is 3.41. The molecule has 2 aromatic carbocycles. The number of hydrogen-bond acceptors (Lipinski definition) is 6. The summed E-state index contributed by atoms with van der Waals surface area (Å²) in [7, 11) is -3.78. The monoisotopic (exact) mass is 444 g/mol. The van der Waals surface area contributed by atoms with E-state index in [-0.39, 0.29) is 29.2 Å². The number of carbonyl (C=O) groups excluding carboxylic acids is 1. The first-order chi connectivity index (χ1) is 14.8. The molecule has 0 saturated carbocycles. The summed E-state index contributed by atoms with van der Waals surface area (Å²) < 4.78 is 46.7.